The van der Waals surface area contributed by atoms with Gasteiger partial charge in [-0.2, -0.15) is 0 Å². The number of rotatable bonds is 2. The predicted octanol–water partition coefficient (Wildman–Crippen LogP) is 1.98. The Bertz CT molecular complexity index is 539. The van der Waals surface area contributed by atoms with Gasteiger partial charge in [0.15, 0.2) is 0 Å². The van der Waals surface area contributed by atoms with Crippen LogP contribution in [-0.4, -0.2) is 10.2 Å². The van der Waals surface area contributed by atoms with Crippen LogP contribution in [0.25, 0.3) is 0 Å². The smallest absolute Gasteiger partial charge is 0.261 e. The third-order valence-electron chi connectivity index (χ3n) is 2.17. The van der Waals surface area contributed by atoms with E-state index in [-0.39, 0.29) is 11.3 Å². The maximum absolute atomic E-state index is 11.9. The fraction of sp³-hybridized carbons (Fsp3) is 0.0909. The van der Waals surface area contributed by atoms with Gasteiger partial charge in [0.25, 0.3) is 5.56 Å². The first-order valence-corrected chi connectivity index (χ1v) is 5.29. The molecule has 2 rings (SSSR count). The van der Waals surface area contributed by atoms with Crippen LogP contribution < -0.4 is 5.56 Å². The van der Waals surface area contributed by atoms with Crippen LogP contribution in [0, 0.1) is 6.92 Å². The lowest BCUT2D eigenvalue weighted by atomic mass is 10.1. The zero-order valence-corrected chi connectivity index (χ0v) is 8.93. The molecule has 1 aromatic carbocycles. The van der Waals surface area contributed by atoms with Crippen molar-refractivity contribution >= 4 is 17.3 Å². The molecule has 0 fully saturated rings. The van der Waals surface area contributed by atoms with Crippen LogP contribution in [0.5, 0.6) is 0 Å². The van der Waals surface area contributed by atoms with Crippen LogP contribution >= 0.6 is 11.5 Å². The van der Waals surface area contributed by atoms with E-state index in [9.17, 15) is 9.59 Å². The van der Waals surface area contributed by atoms with Crippen LogP contribution in [0.2, 0.25) is 0 Å². The molecule has 0 saturated carbocycles. The quantitative estimate of drug-likeness (QED) is 0.785. The standard InChI is InChI=1S/C11H9NO2S/c1-7-10(15-12-11(7)14)9(13)8-5-3-2-4-6-8/h2-6H,1H3,(H,12,14). The van der Waals surface area contributed by atoms with Crippen LogP contribution in [0.4, 0.5) is 0 Å². The largest absolute Gasteiger partial charge is 0.288 e. The van der Waals surface area contributed by atoms with Crippen molar-refractivity contribution in [2.75, 3.05) is 0 Å². The van der Waals surface area contributed by atoms with Gasteiger partial charge < -0.3 is 0 Å². The Morgan fingerprint density at radius 2 is 1.93 bits per heavy atom. The van der Waals surface area contributed by atoms with Crippen molar-refractivity contribution in [3.63, 3.8) is 0 Å². The van der Waals surface area contributed by atoms with Gasteiger partial charge in [-0.05, 0) is 6.92 Å². The van der Waals surface area contributed by atoms with E-state index < -0.39 is 0 Å². The monoisotopic (exact) mass is 219 g/mol. The van der Waals surface area contributed by atoms with Crippen molar-refractivity contribution in [3.8, 4) is 0 Å². The summed E-state index contributed by atoms with van der Waals surface area (Å²) >= 11 is 1.09. The summed E-state index contributed by atoms with van der Waals surface area (Å²) in [6, 6.07) is 8.94. The molecule has 3 nitrogen and oxygen atoms in total. The van der Waals surface area contributed by atoms with Crippen LogP contribution in [-0.2, 0) is 0 Å². The molecule has 0 saturated heterocycles. The Morgan fingerprint density at radius 1 is 1.27 bits per heavy atom. The van der Waals surface area contributed by atoms with E-state index in [1.165, 1.54) is 0 Å². The normalized spacial score (nSPS) is 10.2. The molecule has 76 valence electrons. The number of benzene rings is 1. The van der Waals surface area contributed by atoms with Crippen LogP contribution in [0.3, 0.4) is 0 Å². The Balaban J connectivity index is 2.46. The number of aromatic amines is 1. The molecule has 1 heterocycles. The first-order valence-electron chi connectivity index (χ1n) is 4.48. The van der Waals surface area contributed by atoms with Gasteiger partial charge in [0.2, 0.25) is 5.78 Å². The second kappa shape index (κ2) is 3.82. The number of H-pyrrole nitrogens is 1. The summed E-state index contributed by atoms with van der Waals surface area (Å²) < 4.78 is 2.55. The zero-order chi connectivity index (χ0) is 10.8. The molecule has 0 unspecified atom stereocenters. The second-order valence-corrected chi connectivity index (χ2v) is 4.00. The molecule has 0 radical (unpaired) electrons. The summed E-state index contributed by atoms with van der Waals surface area (Å²) in [5.74, 6) is -0.101. The summed E-state index contributed by atoms with van der Waals surface area (Å²) in [6.45, 7) is 1.66. The average Bonchev–Trinajstić information content (AvgIpc) is 2.60. The molecule has 0 aliphatic heterocycles. The Morgan fingerprint density at radius 3 is 2.47 bits per heavy atom. The Hall–Kier alpha value is -1.68. The highest BCUT2D eigenvalue weighted by Gasteiger charge is 2.15. The molecule has 15 heavy (non-hydrogen) atoms. The molecule has 0 spiro atoms. The average molecular weight is 219 g/mol. The highest BCUT2D eigenvalue weighted by atomic mass is 32.1. The van der Waals surface area contributed by atoms with Crippen molar-refractivity contribution in [2.24, 2.45) is 0 Å². The minimum Gasteiger partial charge on any atom is -0.288 e. The summed E-state index contributed by atoms with van der Waals surface area (Å²) in [5, 5.41) is 0. The molecule has 1 aromatic heterocycles. The van der Waals surface area contributed by atoms with Crippen LogP contribution in [0.1, 0.15) is 20.8 Å². The molecule has 0 bridgehead atoms. The molecule has 0 aliphatic rings. The third kappa shape index (κ3) is 1.76. The van der Waals surface area contributed by atoms with Crippen molar-refractivity contribution < 1.29 is 4.79 Å². The number of ketones is 1. The van der Waals surface area contributed by atoms with Gasteiger partial charge in [0.05, 0.1) is 0 Å². The van der Waals surface area contributed by atoms with Gasteiger partial charge >= 0.3 is 0 Å². The topological polar surface area (TPSA) is 49.9 Å². The zero-order valence-electron chi connectivity index (χ0n) is 8.11. The number of carbonyl (C=O) groups excluding carboxylic acids is 1. The van der Waals surface area contributed by atoms with Gasteiger partial charge in [-0.25, -0.2) is 0 Å². The number of nitrogens with one attached hydrogen (secondary N) is 1. The van der Waals surface area contributed by atoms with Gasteiger partial charge in [0, 0.05) is 11.1 Å². The SMILES string of the molecule is Cc1c(C(=O)c2ccccc2)s[nH]c1=O. The second-order valence-electron chi connectivity index (χ2n) is 3.18. The fourth-order valence-corrected chi connectivity index (χ4v) is 2.10. The van der Waals surface area contributed by atoms with E-state index in [1.54, 1.807) is 31.2 Å². The van der Waals surface area contributed by atoms with Gasteiger partial charge in [-0.1, -0.05) is 41.9 Å². The maximum Gasteiger partial charge on any atom is 0.261 e. The maximum atomic E-state index is 11.9. The summed E-state index contributed by atoms with van der Waals surface area (Å²) in [7, 11) is 0. The number of hydrogen-bond donors (Lipinski definition) is 1. The lowest BCUT2D eigenvalue weighted by Gasteiger charge is -1.97. The molecular formula is C11H9NO2S. The lowest BCUT2D eigenvalue weighted by molar-refractivity contribution is 0.104. The van der Waals surface area contributed by atoms with Gasteiger partial charge in [0.1, 0.15) is 4.88 Å². The van der Waals surface area contributed by atoms with Gasteiger partial charge in [-0.3, -0.25) is 14.0 Å². The van der Waals surface area contributed by atoms with E-state index in [0.29, 0.717) is 16.0 Å². The molecule has 0 atom stereocenters. The van der Waals surface area contributed by atoms with E-state index in [4.69, 9.17) is 0 Å². The molecule has 4 heteroatoms. The van der Waals surface area contributed by atoms with Crippen molar-refractivity contribution in [1.82, 2.24) is 4.37 Å². The Kier molecular flexibility index (Phi) is 2.51. The molecule has 2 aromatic rings. The van der Waals surface area contributed by atoms with E-state index in [1.807, 2.05) is 6.07 Å². The summed E-state index contributed by atoms with van der Waals surface area (Å²) in [6.07, 6.45) is 0. The van der Waals surface area contributed by atoms with Gasteiger partial charge in [-0.15, -0.1) is 0 Å². The first kappa shape index (κ1) is 9.86. The molecular weight excluding hydrogens is 210 g/mol. The van der Waals surface area contributed by atoms with Crippen molar-refractivity contribution in [1.29, 1.82) is 0 Å². The first-order chi connectivity index (χ1) is 7.20. The van der Waals surface area contributed by atoms with E-state index in [0.717, 1.165) is 11.5 Å². The minimum atomic E-state index is -0.181. The lowest BCUT2D eigenvalue weighted by Crippen LogP contribution is -2.05. The minimum absolute atomic E-state index is 0.101. The van der Waals surface area contributed by atoms with Crippen LogP contribution in [0.15, 0.2) is 35.1 Å². The molecule has 1 N–H and O–H groups in total. The highest BCUT2D eigenvalue weighted by molar-refractivity contribution is 7.08. The Labute approximate surface area is 90.5 Å². The highest BCUT2D eigenvalue weighted by Crippen LogP contribution is 2.14. The molecule has 0 amide bonds. The summed E-state index contributed by atoms with van der Waals surface area (Å²) in [4.78, 5) is 23.6. The van der Waals surface area contributed by atoms with E-state index in [2.05, 4.69) is 4.37 Å². The third-order valence-corrected chi connectivity index (χ3v) is 3.15. The number of hydrogen-bond acceptors (Lipinski definition) is 3. The van der Waals surface area contributed by atoms with E-state index >= 15 is 0 Å². The fourth-order valence-electron chi connectivity index (χ4n) is 1.29. The number of carbonyl (C=O) groups is 1. The van der Waals surface area contributed by atoms with Crippen molar-refractivity contribution in [2.45, 2.75) is 6.92 Å². The van der Waals surface area contributed by atoms with Crippen molar-refractivity contribution in [3.05, 3.63) is 56.7 Å². The number of aromatic nitrogens is 1. The molecule has 0 aliphatic carbocycles. The summed E-state index contributed by atoms with van der Waals surface area (Å²) in [5.41, 5.74) is 0.920. The predicted molar refractivity (Wildman–Crippen MR) is 59.6 cm³/mol.